The smallest absolute Gasteiger partial charge is 0.390 e. The van der Waals surface area contributed by atoms with Gasteiger partial charge in [-0.15, -0.1) is 0 Å². The Labute approximate surface area is 178 Å². The first-order chi connectivity index (χ1) is 14.7. The van der Waals surface area contributed by atoms with Crippen molar-refractivity contribution >= 4 is 12.0 Å². The first-order valence-electron chi connectivity index (χ1n) is 10.9. The molecule has 4 rings (SSSR count). The molecule has 0 unspecified atom stereocenters. The topological polar surface area (TPSA) is 74.6 Å². The average molecular weight is 439 g/mol. The number of amides is 1. The SMILES string of the molecule is C/C=C\c1ccc2n(c1=O)C[C@H]1[C@H](CO)[C@@H](C(=O)NC3CCC3)N(CCC(F)(F)F)[C@@H]21. The molecule has 1 amide bonds. The van der Waals surface area contributed by atoms with Crippen molar-refractivity contribution in [3.05, 3.63) is 39.8 Å². The van der Waals surface area contributed by atoms with Gasteiger partial charge in [-0.2, -0.15) is 13.2 Å². The predicted octanol–water partition coefficient (Wildman–Crippen LogP) is 2.47. The maximum absolute atomic E-state index is 13.1. The number of nitrogens with zero attached hydrogens (tertiary/aromatic N) is 2. The first-order valence-corrected chi connectivity index (χ1v) is 10.9. The van der Waals surface area contributed by atoms with E-state index in [9.17, 15) is 27.9 Å². The molecule has 0 spiro atoms. The lowest BCUT2D eigenvalue weighted by Gasteiger charge is -2.34. The third kappa shape index (κ3) is 4.05. The van der Waals surface area contributed by atoms with Crippen molar-refractivity contribution < 1.29 is 23.1 Å². The minimum Gasteiger partial charge on any atom is -0.396 e. The van der Waals surface area contributed by atoms with Gasteiger partial charge in [-0.1, -0.05) is 12.2 Å². The van der Waals surface area contributed by atoms with Gasteiger partial charge in [0.15, 0.2) is 0 Å². The number of pyridine rings is 1. The van der Waals surface area contributed by atoms with Gasteiger partial charge in [0.05, 0.1) is 18.5 Å². The fourth-order valence-electron chi connectivity index (χ4n) is 5.28. The summed E-state index contributed by atoms with van der Waals surface area (Å²) in [5.41, 5.74) is 0.920. The molecule has 31 heavy (non-hydrogen) atoms. The normalized spacial score (nSPS) is 28.5. The van der Waals surface area contributed by atoms with Gasteiger partial charge >= 0.3 is 6.18 Å². The molecule has 0 radical (unpaired) electrons. The number of aliphatic hydroxyl groups excluding tert-OH is 1. The molecule has 0 bridgehead atoms. The maximum atomic E-state index is 13.1. The van der Waals surface area contributed by atoms with Crippen LogP contribution in [0, 0.1) is 11.8 Å². The van der Waals surface area contributed by atoms with Crippen LogP contribution >= 0.6 is 0 Å². The van der Waals surface area contributed by atoms with E-state index in [2.05, 4.69) is 5.32 Å². The van der Waals surface area contributed by atoms with E-state index in [1.165, 1.54) is 0 Å². The number of nitrogens with one attached hydrogen (secondary N) is 1. The summed E-state index contributed by atoms with van der Waals surface area (Å²) in [5, 5.41) is 13.1. The molecule has 1 aromatic rings. The number of rotatable bonds is 6. The van der Waals surface area contributed by atoms with E-state index in [1.54, 1.807) is 40.7 Å². The predicted molar refractivity (Wildman–Crippen MR) is 109 cm³/mol. The van der Waals surface area contributed by atoms with Crippen molar-refractivity contribution in [2.75, 3.05) is 13.2 Å². The van der Waals surface area contributed by atoms with Gasteiger partial charge in [0.2, 0.25) is 5.91 Å². The lowest BCUT2D eigenvalue weighted by atomic mass is 9.87. The monoisotopic (exact) mass is 439 g/mol. The van der Waals surface area contributed by atoms with Crippen LogP contribution < -0.4 is 10.9 Å². The number of likely N-dealkylation sites (tertiary alicyclic amines) is 1. The Morgan fingerprint density at radius 3 is 2.65 bits per heavy atom. The van der Waals surface area contributed by atoms with Crippen molar-refractivity contribution in [2.45, 2.75) is 63.5 Å². The number of aliphatic hydroxyl groups is 1. The molecule has 3 aliphatic rings. The van der Waals surface area contributed by atoms with E-state index in [0.717, 1.165) is 19.3 Å². The summed E-state index contributed by atoms with van der Waals surface area (Å²) < 4.78 is 40.9. The van der Waals surface area contributed by atoms with Crippen LogP contribution in [0.4, 0.5) is 13.2 Å². The van der Waals surface area contributed by atoms with Crippen molar-refractivity contribution in [1.82, 2.24) is 14.8 Å². The van der Waals surface area contributed by atoms with Crippen molar-refractivity contribution in [3.8, 4) is 0 Å². The lowest BCUT2D eigenvalue weighted by molar-refractivity contribution is -0.143. The van der Waals surface area contributed by atoms with Crippen LogP contribution in [0.5, 0.6) is 0 Å². The van der Waals surface area contributed by atoms with Crippen LogP contribution in [0.25, 0.3) is 6.08 Å². The maximum Gasteiger partial charge on any atom is 0.390 e. The van der Waals surface area contributed by atoms with Crippen LogP contribution in [0.15, 0.2) is 23.0 Å². The third-order valence-electron chi connectivity index (χ3n) is 6.94. The van der Waals surface area contributed by atoms with E-state index in [-0.39, 0.29) is 43.1 Å². The van der Waals surface area contributed by atoms with E-state index in [4.69, 9.17) is 0 Å². The molecule has 2 N–H and O–H groups in total. The zero-order valence-corrected chi connectivity index (χ0v) is 17.4. The zero-order chi connectivity index (χ0) is 22.3. The largest absolute Gasteiger partial charge is 0.396 e. The molecule has 1 saturated heterocycles. The molecular formula is C22H28F3N3O3. The number of carbonyl (C=O) groups is 1. The van der Waals surface area contributed by atoms with Crippen LogP contribution in [0.3, 0.4) is 0 Å². The fourth-order valence-corrected chi connectivity index (χ4v) is 5.28. The number of alkyl halides is 3. The highest BCUT2D eigenvalue weighted by molar-refractivity contribution is 5.83. The van der Waals surface area contributed by atoms with Gasteiger partial charge < -0.3 is 15.0 Å². The molecule has 0 aromatic carbocycles. The Balaban J connectivity index is 1.70. The summed E-state index contributed by atoms with van der Waals surface area (Å²) in [7, 11) is 0. The quantitative estimate of drug-likeness (QED) is 0.714. The summed E-state index contributed by atoms with van der Waals surface area (Å²) in [5.74, 6) is -1.16. The van der Waals surface area contributed by atoms with Crippen LogP contribution in [-0.2, 0) is 11.3 Å². The van der Waals surface area contributed by atoms with Crippen LogP contribution in [-0.4, -0.2) is 51.9 Å². The highest BCUT2D eigenvalue weighted by Gasteiger charge is 2.56. The summed E-state index contributed by atoms with van der Waals surface area (Å²) in [6.45, 7) is 1.41. The Hall–Kier alpha value is -2.13. The number of aromatic nitrogens is 1. The van der Waals surface area contributed by atoms with Gasteiger partial charge in [-0.25, -0.2) is 0 Å². The Morgan fingerprint density at radius 1 is 1.32 bits per heavy atom. The second-order valence-electron chi connectivity index (χ2n) is 8.77. The minimum absolute atomic E-state index is 0.0510. The zero-order valence-electron chi connectivity index (χ0n) is 17.4. The molecule has 170 valence electrons. The van der Waals surface area contributed by atoms with E-state index >= 15 is 0 Å². The summed E-state index contributed by atoms with van der Waals surface area (Å²) in [6, 6.07) is 2.14. The third-order valence-corrected chi connectivity index (χ3v) is 6.94. The number of hydrogen-bond donors (Lipinski definition) is 2. The number of fused-ring (bicyclic) bond motifs is 3. The average Bonchev–Trinajstić information content (AvgIpc) is 3.19. The Morgan fingerprint density at radius 2 is 2.06 bits per heavy atom. The molecule has 2 aliphatic heterocycles. The van der Waals surface area contributed by atoms with Crippen molar-refractivity contribution in [3.63, 3.8) is 0 Å². The van der Waals surface area contributed by atoms with E-state index in [1.807, 2.05) is 0 Å². The second-order valence-corrected chi connectivity index (χ2v) is 8.77. The van der Waals surface area contributed by atoms with Crippen LogP contribution in [0.1, 0.15) is 49.9 Å². The van der Waals surface area contributed by atoms with Gasteiger partial charge in [0, 0.05) is 48.8 Å². The molecule has 6 nitrogen and oxygen atoms in total. The molecule has 3 heterocycles. The Bertz CT molecular complexity index is 923. The number of hydrogen-bond acceptors (Lipinski definition) is 4. The van der Waals surface area contributed by atoms with Crippen molar-refractivity contribution in [1.29, 1.82) is 0 Å². The molecular weight excluding hydrogens is 411 g/mol. The van der Waals surface area contributed by atoms with Gasteiger partial charge in [0.25, 0.3) is 5.56 Å². The standard InChI is InChI=1S/C22H28F3N3O3/c1-2-4-13-7-8-17-18-15(11-28(17)21(13)31)16(12-29)19(20(30)26-14-5-3-6-14)27(18)10-9-22(23,24)25/h2,4,7-8,14-16,18-19,29H,3,5-6,9-12H2,1H3,(H,26,30)/b4-2-/t15-,16-,18+,19-/m0/s1. The summed E-state index contributed by atoms with van der Waals surface area (Å²) >= 11 is 0. The van der Waals surface area contributed by atoms with Crippen molar-refractivity contribution in [2.24, 2.45) is 11.8 Å². The molecule has 2 fully saturated rings. The number of carbonyl (C=O) groups excluding carboxylic acids is 1. The van der Waals surface area contributed by atoms with E-state index < -0.39 is 30.6 Å². The van der Waals surface area contributed by atoms with Crippen LogP contribution in [0.2, 0.25) is 0 Å². The fraction of sp³-hybridized carbons (Fsp3) is 0.636. The van der Waals surface area contributed by atoms with Gasteiger partial charge in [-0.05, 0) is 38.3 Å². The molecule has 9 heteroatoms. The summed E-state index contributed by atoms with van der Waals surface area (Å²) in [4.78, 5) is 27.5. The molecule has 4 atom stereocenters. The number of allylic oxidation sites excluding steroid dienone is 1. The minimum atomic E-state index is -4.37. The molecule has 1 aromatic heterocycles. The molecule has 1 aliphatic carbocycles. The van der Waals surface area contributed by atoms with Gasteiger partial charge in [-0.3, -0.25) is 14.5 Å². The van der Waals surface area contributed by atoms with E-state index in [0.29, 0.717) is 11.3 Å². The highest BCUT2D eigenvalue weighted by atomic mass is 19.4. The molecule has 1 saturated carbocycles. The lowest BCUT2D eigenvalue weighted by Crippen LogP contribution is -2.52. The Kier molecular flexibility index (Phi) is 6.00. The first kappa shape index (κ1) is 22.1. The van der Waals surface area contributed by atoms with Gasteiger partial charge in [0.1, 0.15) is 0 Å². The second kappa shape index (κ2) is 8.43. The number of halogens is 3. The summed E-state index contributed by atoms with van der Waals surface area (Å²) in [6.07, 6.45) is 0.786. The highest BCUT2D eigenvalue weighted by Crippen LogP contribution is 2.49.